The van der Waals surface area contributed by atoms with Gasteiger partial charge in [-0.3, -0.25) is 4.68 Å². The molecular formula is C11H18Cl2N2. The van der Waals surface area contributed by atoms with Crippen molar-refractivity contribution in [2.75, 3.05) is 11.8 Å². The van der Waals surface area contributed by atoms with Crippen LogP contribution in [-0.2, 0) is 13.5 Å². The first-order valence-electron chi connectivity index (χ1n) is 5.26. The standard InChI is InChI=1S/C11H18Cl2N2/c1-3-11(8-12,9-13)6-4-10-5-7-14-15(10)2/h5,7H,3-4,6,8-9H2,1-2H3. The predicted octanol–water partition coefficient (Wildman–Crippen LogP) is 3.23. The van der Waals surface area contributed by atoms with Crippen molar-refractivity contribution in [3.8, 4) is 0 Å². The Labute approximate surface area is 102 Å². The maximum Gasteiger partial charge on any atom is 0.0492 e. The molecule has 2 nitrogen and oxygen atoms in total. The summed E-state index contributed by atoms with van der Waals surface area (Å²) >= 11 is 12.0. The molecule has 0 aliphatic heterocycles. The van der Waals surface area contributed by atoms with Gasteiger partial charge in [0.2, 0.25) is 0 Å². The molecule has 0 saturated carbocycles. The van der Waals surface area contributed by atoms with Gasteiger partial charge in [0.15, 0.2) is 0 Å². The number of hydrogen-bond acceptors (Lipinski definition) is 1. The molecule has 1 rings (SSSR count). The minimum atomic E-state index is 0.0768. The van der Waals surface area contributed by atoms with Crippen LogP contribution in [0.5, 0.6) is 0 Å². The Morgan fingerprint density at radius 1 is 1.40 bits per heavy atom. The van der Waals surface area contributed by atoms with Gasteiger partial charge < -0.3 is 0 Å². The maximum absolute atomic E-state index is 6.00. The molecule has 0 aliphatic rings. The third kappa shape index (κ3) is 3.12. The molecule has 1 heterocycles. The Hall–Kier alpha value is -0.210. The van der Waals surface area contributed by atoms with Gasteiger partial charge in [0.25, 0.3) is 0 Å². The van der Waals surface area contributed by atoms with Gasteiger partial charge in [-0.1, -0.05) is 6.92 Å². The highest BCUT2D eigenvalue weighted by Crippen LogP contribution is 2.31. The fourth-order valence-corrected chi connectivity index (χ4v) is 2.51. The first kappa shape index (κ1) is 12.9. The van der Waals surface area contributed by atoms with E-state index in [1.54, 1.807) is 0 Å². The van der Waals surface area contributed by atoms with Crippen LogP contribution in [0.4, 0.5) is 0 Å². The highest BCUT2D eigenvalue weighted by Gasteiger charge is 2.26. The molecule has 0 fully saturated rings. The molecule has 0 saturated heterocycles. The number of aryl methyl sites for hydroxylation is 2. The molecule has 15 heavy (non-hydrogen) atoms. The summed E-state index contributed by atoms with van der Waals surface area (Å²) in [5.41, 5.74) is 1.32. The summed E-state index contributed by atoms with van der Waals surface area (Å²) in [4.78, 5) is 0. The summed E-state index contributed by atoms with van der Waals surface area (Å²) in [6.45, 7) is 2.15. The zero-order chi connectivity index (χ0) is 11.3. The van der Waals surface area contributed by atoms with Crippen molar-refractivity contribution in [2.45, 2.75) is 26.2 Å². The van der Waals surface area contributed by atoms with Crippen LogP contribution in [-0.4, -0.2) is 21.5 Å². The van der Waals surface area contributed by atoms with Crippen molar-refractivity contribution in [1.82, 2.24) is 9.78 Å². The highest BCUT2D eigenvalue weighted by molar-refractivity contribution is 6.21. The van der Waals surface area contributed by atoms with Crippen molar-refractivity contribution in [1.29, 1.82) is 0 Å². The molecule has 0 bridgehead atoms. The molecule has 0 atom stereocenters. The van der Waals surface area contributed by atoms with Gasteiger partial charge in [-0.25, -0.2) is 0 Å². The van der Waals surface area contributed by atoms with Crippen LogP contribution in [0, 0.1) is 5.41 Å². The third-order valence-corrected chi connectivity index (χ3v) is 4.28. The number of aromatic nitrogens is 2. The lowest BCUT2D eigenvalue weighted by atomic mass is 9.84. The number of hydrogen-bond donors (Lipinski definition) is 0. The van der Waals surface area contributed by atoms with Crippen molar-refractivity contribution in [3.63, 3.8) is 0 Å². The lowest BCUT2D eigenvalue weighted by Gasteiger charge is -2.27. The molecule has 1 aromatic rings. The quantitative estimate of drug-likeness (QED) is 0.708. The zero-order valence-corrected chi connectivity index (χ0v) is 10.9. The largest absolute Gasteiger partial charge is 0.273 e. The Bertz CT molecular complexity index is 284. The molecular weight excluding hydrogens is 231 g/mol. The maximum atomic E-state index is 6.00. The first-order valence-corrected chi connectivity index (χ1v) is 6.33. The Morgan fingerprint density at radius 2 is 2.07 bits per heavy atom. The molecule has 86 valence electrons. The minimum absolute atomic E-state index is 0.0768. The Balaban J connectivity index is 2.58. The topological polar surface area (TPSA) is 17.8 Å². The lowest BCUT2D eigenvalue weighted by molar-refractivity contribution is 0.331. The van der Waals surface area contributed by atoms with E-state index in [4.69, 9.17) is 23.2 Å². The van der Waals surface area contributed by atoms with E-state index in [2.05, 4.69) is 12.0 Å². The van der Waals surface area contributed by atoms with E-state index in [1.165, 1.54) is 5.69 Å². The van der Waals surface area contributed by atoms with Crippen molar-refractivity contribution in [2.24, 2.45) is 12.5 Å². The molecule has 0 radical (unpaired) electrons. The van der Waals surface area contributed by atoms with Crippen LogP contribution in [0.15, 0.2) is 12.3 Å². The van der Waals surface area contributed by atoms with Gasteiger partial charge in [-0.05, 0) is 30.7 Å². The molecule has 0 N–H and O–H groups in total. The zero-order valence-electron chi connectivity index (χ0n) is 9.34. The van der Waals surface area contributed by atoms with Crippen LogP contribution in [0.2, 0.25) is 0 Å². The van der Waals surface area contributed by atoms with E-state index in [0.29, 0.717) is 11.8 Å². The van der Waals surface area contributed by atoms with Crippen LogP contribution in [0.1, 0.15) is 25.5 Å². The second-order valence-corrected chi connectivity index (χ2v) is 4.60. The summed E-state index contributed by atoms with van der Waals surface area (Å²) in [6, 6.07) is 2.04. The van der Waals surface area contributed by atoms with Crippen molar-refractivity contribution >= 4 is 23.2 Å². The monoisotopic (exact) mass is 248 g/mol. The van der Waals surface area contributed by atoms with Crippen molar-refractivity contribution in [3.05, 3.63) is 18.0 Å². The average Bonchev–Trinajstić information content (AvgIpc) is 2.67. The fourth-order valence-electron chi connectivity index (χ4n) is 1.57. The first-order chi connectivity index (χ1) is 7.17. The number of alkyl halides is 2. The fraction of sp³-hybridized carbons (Fsp3) is 0.727. The Kier molecular flexibility index (Phi) is 4.94. The second-order valence-electron chi connectivity index (χ2n) is 4.07. The van der Waals surface area contributed by atoms with E-state index in [1.807, 2.05) is 24.0 Å². The molecule has 1 aromatic heterocycles. The van der Waals surface area contributed by atoms with Gasteiger partial charge in [0, 0.05) is 30.7 Å². The molecule has 0 amide bonds. The van der Waals surface area contributed by atoms with E-state index >= 15 is 0 Å². The lowest BCUT2D eigenvalue weighted by Crippen LogP contribution is -2.25. The molecule has 0 aromatic carbocycles. The van der Waals surface area contributed by atoms with Crippen LogP contribution in [0.25, 0.3) is 0 Å². The van der Waals surface area contributed by atoms with Crippen LogP contribution < -0.4 is 0 Å². The van der Waals surface area contributed by atoms with Gasteiger partial charge in [-0.15, -0.1) is 23.2 Å². The number of nitrogens with zero attached hydrogens (tertiary/aromatic N) is 2. The Morgan fingerprint density at radius 3 is 2.47 bits per heavy atom. The molecule has 4 heteroatoms. The number of rotatable bonds is 6. The van der Waals surface area contributed by atoms with Gasteiger partial charge in [0.1, 0.15) is 0 Å². The van der Waals surface area contributed by atoms with Gasteiger partial charge >= 0.3 is 0 Å². The van der Waals surface area contributed by atoms with E-state index < -0.39 is 0 Å². The van der Waals surface area contributed by atoms with E-state index in [9.17, 15) is 0 Å². The molecule has 0 unspecified atom stereocenters. The summed E-state index contributed by atoms with van der Waals surface area (Å²) in [6.07, 6.45) is 4.86. The van der Waals surface area contributed by atoms with Gasteiger partial charge in [0.05, 0.1) is 0 Å². The molecule has 0 aliphatic carbocycles. The smallest absolute Gasteiger partial charge is 0.0492 e. The van der Waals surface area contributed by atoms with Crippen LogP contribution in [0.3, 0.4) is 0 Å². The number of halogens is 2. The van der Waals surface area contributed by atoms with Gasteiger partial charge in [-0.2, -0.15) is 5.10 Å². The normalized spacial score (nSPS) is 12.0. The summed E-state index contributed by atoms with van der Waals surface area (Å²) < 4.78 is 1.91. The summed E-state index contributed by atoms with van der Waals surface area (Å²) in [7, 11) is 1.96. The van der Waals surface area contributed by atoms with E-state index in [0.717, 1.165) is 19.3 Å². The second kappa shape index (κ2) is 5.76. The summed E-state index contributed by atoms with van der Waals surface area (Å²) in [5, 5.41) is 4.15. The highest BCUT2D eigenvalue weighted by atomic mass is 35.5. The van der Waals surface area contributed by atoms with Crippen LogP contribution >= 0.6 is 23.2 Å². The van der Waals surface area contributed by atoms with Crippen molar-refractivity contribution < 1.29 is 0 Å². The average molecular weight is 249 g/mol. The SMILES string of the molecule is CCC(CCl)(CCl)CCc1ccnn1C. The predicted molar refractivity (Wildman–Crippen MR) is 65.7 cm³/mol. The molecule has 0 spiro atoms. The third-order valence-electron chi connectivity index (χ3n) is 3.15. The van der Waals surface area contributed by atoms with E-state index in [-0.39, 0.29) is 5.41 Å². The minimum Gasteiger partial charge on any atom is -0.273 e. The summed E-state index contributed by atoms with van der Waals surface area (Å²) in [5.74, 6) is 1.26.